The summed E-state index contributed by atoms with van der Waals surface area (Å²) in [5.74, 6) is 0.806. The van der Waals surface area contributed by atoms with Crippen LogP contribution in [0.15, 0.2) is 45.7 Å². The summed E-state index contributed by atoms with van der Waals surface area (Å²) in [6.07, 6.45) is 21.4. The molecule has 0 unspecified atom stereocenters. The van der Waals surface area contributed by atoms with Crippen molar-refractivity contribution in [1.82, 2.24) is 0 Å². The van der Waals surface area contributed by atoms with Gasteiger partial charge in [0.25, 0.3) is 15.6 Å². The minimum Gasteiger partial charge on any atom is -0.402 e. The van der Waals surface area contributed by atoms with Crippen molar-refractivity contribution in [3.05, 3.63) is 47.3 Å². The number of unbranched alkanes of at least 4 members (excludes halogenated alkanes) is 15. The van der Waals surface area contributed by atoms with Gasteiger partial charge in [-0.3, -0.25) is 4.55 Å². The summed E-state index contributed by atoms with van der Waals surface area (Å²) >= 11 is 6.46. The highest BCUT2D eigenvalue weighted by molar-refractivity contribution is 7.86. The van der Waals surface area contributed by atoms with Gasteiger partial charge in [-0.1, -0.05) is 127 Å². The van der Waals surface area contributed by atoms with Gasteiger partial charge >= 0.3 is 5.89 Å². The normalized spacial score (nSPS) is 12.0. The molecule has 0 amide bonds. The van der Waals surface area contributed by atoms with Crippen LogP contribution in [0.5, 0.6) is 0 Å². The van der Waals surface area contributed by atoms with Crippen molar-refractivity contribution in [1.29, 1.82) is 0 Å². The number of oxazole rings is 1. The fourth-order valence-corrected chi connectivity index (χ4v) is 6.58. The molecule has 0 saturated heterocycles. The summed E-state index contributed by atoms with van der Waals surface area (Å²) in [5.41, 5.74) is 2.97. The molecule has 1 heterocycles. The van der Waals surface area contributed by atoms with E-state index in [-0.39, 0.29) is 9.92 Å². The quantitative estimate of drug-likeness (QED) is 0.0875. The van der Waals surface area contributed by atoms with E-state index in [2.05, 4.69) is 11.5 Å². The van der Waals surface area contributed by atoms with E-state index in [0.717, 1.165) is 41.9 Å². The van der Waals surface area contributed by atoms with Gasteiger partial charge in [-0.15, -0.1) is 0 Å². The van der Waals surface area contributed by atoms with Gasteiger partial charge in [-0.05, 0) is 24.6 Å². The van der Waals surface area contributed by atoms with Crippen molar-refractivity contribution in [2.45, 2.75) is 128 Å². The molecule has 0 spiro atoms. The molecule has 2 aromatic carbocycles. The lowest BCUT2D eigenvalue weighted by atomic mass is 10.0. The van der Waals surface area contributed by atoms with E-state index >= 15 is 0 Å². The van der Waals surface area contributed by atoms with E-state index in [1.165, 1.54) is 96.0 Å². The lowest BCUT2D eigenvalue weighted by molar-refractivity contribution is -0.682. The Kier molecular flexibility index (Phi) is 13.3. The summed E-state index contributed by atoms with van der Waals surface area (Å²) in [6, 6.07) is 10.4. The molecule has 0 atom stereocenters. The topological polar surface area (TPSA) is 71.4 Å². The van der Waals surface area contributed by atoms with Crippen LogP contribution in [0.25, 0.3) is 22.2 Å². The predicted octanol–water partition coefficient (Wildman–Crippen LogP) is 9.86. The van der Waals surface area contributed by atoms with Gasteiger partial charge < -0.3 is 4.42 Å². The number of hydrogen-bond acceptors (Lipinski definition) is 3. The Hall–Kier alpha value is -1.89. The summed E-state index contributed by atoms with van der Waals surface area (Å²) in [7, 11) is -4.42. The van der Waals surface area contributed by atoms with Crippen molar-refractivity contribution in [2.24, 2.45) is 0 Å². The maximum atomic E-state index is 11.8. The highest BCUT2D eigenvalue weighted by Gasteiger charge is 2.26. The van der Waals surface area contributed by atoms with Crippen LogP contribution in [0.3, 0.4) is 0 Å². The Morgan fingerprint density at radius 1 is 0.744 bits per heavy atom. The molecule has 3 rings (SSSR count). The Labute approximate surface area is 240 Å². The maximum absolute atomic E-state index is 11.8. The van der Waals surface area contributed by atoms with Gasteiger partial charge in [0.1, 0.15) is 4.90 Å². The number of para-hydroxylation sites is 1. The third kappa shape index (κ3) is 9.61. The van der Waals surface area contributed by atoms with E-state index in [0.29, 0.717) is 5.56 Å². The first-order valence-electron chi connectivity index (χ1n) is 15.0. The van der Waals surface area contributed by atoms with Gasteiger partial charge in [-0.2, -0.15) is 13.0 Å². The first kappa shape index (κ1) is 31.6. The Balaban J connectivity index is 1.43. The highest BCUT2D eigenvalue weighted by atomic mass is 35.5. The monoisotopic (exact) mass is 576 g/mol. The second kappa shape index (κ2) is 16.4. The van der Waals surface area contributed by atoms with E-state index in [1.807, 2.05) is 25.1 Å². The van der Waals surface area contributed by atoms with Crippen LogP contribution in [0.1, 0.15) is 116 Å². The summed E-state index contributed by atoms with van der Waals surface area (Å²) in [5, 5.41) is 0.0142. The number of halogens is 1. The van der Waals surface area contributed by atoms with E-state index < -0.39 is 10.1 Å². The standard InChI is InChI=1S/C32H46ClNO4S/c1-3-4-5-6-7-8-9-10-11-12-13-14-15-16-17-18-25-34-26(2)38-29-23-19-22-28(32(29)34)27-21-20-24-30(31(27)33)39(35,36)37/h19-24H,3-18,25H2,1-2H3/p+1. The van der Waals surface area contributed by atoms with Crippen LogP contribution in [-0.2, 0) is 16.7 Å². The fourth-order valence-electron chi connectivity index (χ4n) is 5.48. The molecule has 0 aliphatic heterocycles. The van der Waals surface area contributed by atoms with Gasteiger partial charge in [-0.25, -0.2) is 0 Å². The van der Waals surface area contributed by atoms with Crippen LogP contribution in [0.2, 0.25) is 5.02 Å². The van der Waals surface area contributed by atoms with Gasteiger partial charge in [0.2, 0.25) is 5.58 Å². The van der Waals surface area contributed by atoms with E-state index in [1.54, 1.807) is 12.1 Å². The van der Waals surface area contributed by atoms with Crippen LogP contribution < -0.4 is 4.57 Å². The molecule has 39 heavy (non-hydrogen) atoms. The van der Waals surface area contributed by atoms with Crippen molar-refractivity contribution in [2.75, 3.05) is 0 Å². The zero-order valence-electron chi connectivity index (χ0n) is 23.9. The molecule has 216 valence electrons. The average Bonchev–Trinajstić information content (AvgIpc) is 3.23. The van der Waals surface area contributed by atoms with Crippen LogP contribution in [-0.4, -0.2) is 13.0 Å². The third-order valence-corrected chi connectivity index (χ3v) is 9.09. The third-order valence-electron chi connectivity index (χ3n) is 7.67. The van der Waals surface area contributed by atoms with Crippen molar-refractivity contribution < 1.29 is 22.0 Å². The molecule has 0 fully saturated rings. The Morgan fingerprint density at radius 2 is 1.23 bits per heavy atom. The smallest absolute Gasteiger partial charge is 0.344 e. The van der Waals surface area contributed by atoms with Crippen molar-refractivity contribution in [3.63, 3.8) is 0 Å². The molecule has 0 radical (unpaired) electrons. The predicted molar refractivity (Wildman–Crippen MR) is 161 cm³/mol. The number of benzene rings is 2. The minimum atomic E-state index is -4.42. The molecule has 1 aromatic heterocycles. The van der Waals surface area contributed by atoms with E-state index in [9.17, 15) is 13.0 Å². The van der Waals surface area contributed by atoms with Crippen molar-refractivity contribution >= 4 is 32.8 Å². The zero-order valence-corrected chi connectivity index (χ0v) is 25.5. The first-order chi connectivity index (χ1) is 18.8. The fraction of sp³-hybridized carbons (Fsp3) is 0.594. The van der Waals surface area contributed by atoms with Crippen LogP contribution in [0, 0.1) is 6.92 Å². The van der Waals surface area contributed by atoms with Gasteiger partial charge in [0, 0.05) is 12.0 Å². The lowest BCUT2D eigenvalue weighted by Gasteiger charge is -2.08. The molecule has 5 nitrogen and oxygen atoms in total. The summed E-state index contributed by atoms with van der Waals surface area (Å²) < 4.78 is 41.4. The second-order valence-electron chi connectivity index (χ2n) is 10.8. The van der Waals surface area contributed by atoms with E-state index in [4.69, 9.17) is 16.0 Å². The molecule has 7 heteroatoms. The minimum absolute atomic E-state index is 0.0142. The SMILES string of the molecule is CCCCCCCCCCCCCCCCCC[n+]1c(C)oc2cccc(-c3cccc(S(=O)(=O)O)c3Cl)c21. The molecule has 0 aliphatic carbocycles. The number of rotatable bonds is 19. The summed E-state index contributed by atoms with van der Waals surface area (Å²) in [6.45, 7) is 5.05. The maximum Gasteiger partial charge on any atom is 0.344 e. The number of hydrogen-bond donors (Lipinski definition) is 1. The molecule has 1 N–H and O–H groups in total. The molecular weight excluding hydrogens is 530 g/mol. The van der Waals surface area contributed by atoms with Crippen LogP contribution in [0.4, 0.5) is 0 Å². The van der Waals surface area contributed by atoms with Crippen molar-refractivity contribution in [3.8, 4) is 11.1 Å². The molecule has 0 aliphatic rings. The Morgan fingerprint density at radius 3 is 1.77 bits per heavy atom. The Bertz CT molecular complexity index is 1270. The first-order valence-corrected chi connectivity index (χ1v) is 16.8. The largest absolute Gasteiger partial charge is 0.402 e. The lowest BCUT2D eigenvalue weighted by Crippen LogP contribution is -2.35. The molecule has 0 saturated carbocycles. The number of aryl methyl sites for hydroxylation is 2. The molecule has 0 bridgehead atoms. The average molecular weight is 577 g/mol. The van der Waals surface area contributed by atoms with Gasteiger partial charge in [0.05, 0.1) is 17.5 Å². The number of fused-ring (bicyclic) bond motifs is 1. The molecule has 3 aromatic rings. The zero-order chi connectivity index (χ0) is 28.1. The molecular formula is C32H47ClNO4S+. The highest BCUT2D eigenvalue weighted by Crippen LogP contribution is 2.36. The van der Waals surface area contributed by atoms with Crippen LogP contribution >= 0.6 is 11.6 Å². The number of nitrogens with zero attached hydrogens (tertiary/aromatic N) is 1. The summed E-state index contributed by atoms with van der Waals surface area (Å²) in [4.78, 5) is -0.289. The van der Waals surface area contributed by atoms with Gasteiger partial charge in [0.15, 0.2) is 6.54 Å². The second-order valence-corrected chi connectivity index (χ2v) is 12.6. The number of aromatic nitrogens is 1.